The number of benzene rings is 2. The molecular formula is C25H28N4O4. The standard InChI is InChI=1S/C25H28N4O4/c1-18-7-12-23(33-18)22(29-13-15-32-16-14-29)17-26-24(30)19-8-10-21(11-9-19)28-25(31)27-20-5-3-2-4-6-20/h2-12,22H,13-17H2,1H3,(H,26,30)(H2,27,28,31). The van der Waals surface area contributed by atoms with Gasteiger partial charge in [0.15, 0.2) is 0 Å². The van der Waals surface area contributed by atoms with Gasteiger partial charge in [-0.15, -0.1) is 0 Å². The second kappa shape index (κ2) is 10.8. The van der Waals surface area contributed by atoms with Gasteiger partial charge in [-0.3, -0.25) is 9.69 Å². The first-order valence-electron chi connectivity index (χ1n) is 11.0. The summed E-state index contributed by atoms with van der Waals surface area (Å²) >= 11 is 0. The molecule has 2 heterocycles. The number of aryl methyl sites for hydroxylation is 1. The van der Waals surface area contributed by atoms with Crippen molar-refractivity contribution in [3.63, 3.8) is 0 Å². The molecule has 2 aromatic carbocycles. The van der Waals surface area contributed by atoms with Crippen LogP contribution >= 0.6 is 0 Å². The molecule has 3 N–H and O–H groups in total. The maximum Gasteiger partial charge on any atom is 0.323 e. The van der Waals surface area contributed by atoms with Gasteiger partial charge < -0.3 is 25.1 Å². The minimum Gasteiger partial charge on any atom is -0.465 e. The third-order valence-corrected chi connectivity index (χ3v) is 5.47. The number of nitrogens with zero attached hydrogens (tertiary/aromatic N) is 1. The predicted molar refractivity (Wildman–Crippen MR) is 126 cm³/mol. The summed E-state index contributed by atoms with van der Waals surface area (Å²) in [6, 6.07) is 19.5. The minimum atomic E-state index is -0.347. The quantitative estimate of drug-likeness (QED) is 0.507. The van der Waals surface area contributed by atoms with Gasteiger partial charge in [0, 0.05) is 36.6 Å². The molecule has 4 rings (SSSR count). The first-order chi connectivity index (χ1) is 16.1. The first kappa shape index (κ1) is 22.6. The zero-order valence-electron chi connectivity index (χ0n) is 18.5. The Balaban J connectivity index is 1.33. The number of hydrogen-bond acceptors (Lipinski definition) is 5. The van der Waals surface area contributed by atoms with Crippen LogP contribution in [0.1, 0.15) is 27.9 Å². The molecule has 1 fully saturated rings. The zero-order chi connectivity index (χ0) is 23.0. The van der Waals surface area contributed by atoms with E-state index in [1.54, 1.807) is 36.4 Å². The summed E-state index contributed by atoms with van der Waals surface area (Å²) < 4.78 is 11.3. The fourth-order valence-electron chi connectivity index (χ4n) is 3.74. The third kappa shape index (κ3) is 6.21. The molecule has 3 aromatic rings. The fraction of sp³-hybridized carbons (Fsp3) is 0.280. The topological polar surface area (TPSA) is 95.8 Å². The number of ether oxygens (including phenoxy) is 1. The van der Waals surface area contributed by atoms with Crippen LogP contribution in [0.3, 0.4) is 0 Å². The van der Waals surface area contributed by atoms with Gasteiger partial charge in [-0.25, -0.2) is 4.79 Å². The van der Waals surface area contributed by atoms with E-state index in [-0.39, 0.29) is 18.0 Å². The largest absolute Gasteiger partial charge is 0.465 e. The highest BCUT2D eigenvalue weighted by Crippen LogP contribution is 2.23. The molecule has 33 heavy (non-hydrogen) atoms. The number of morpholine rings is 1. The molecule has 1 atom stereocenters. The normalized spacial score (nSPS) is 14.9. The minimum absolute atomic E-state index is 0.0610. The summed E-state index contributed by atoms with van der Waals surface area (Å²) in [5, 5.41) is 8.53. The number of anilines is 2. The maximum atomic E-state index is 12.8. The van der Waals surface area contributed by atoms with Gasteiger partial charge in [0.25, 0.3) is 5.91 Å². The van der Waals surface area contributed by atoms with Gasteiger partial charge >= 0.3 is 6.03 Å². The van der Waals surface area contributed by atoms with Crippen LogP contribution in [0.25, 0.3) is 0 Å². The molecule has 1 aromatic heterocycles. The summed E-state index contributed by atoms with van der Waals surface area (Å²) in [5.74, 6) is 1.49. The van der Waals surface area contributed by atoms with Crippen LogP contribution in [0, 0.1) is 6.92 Å². The molecule has 3 amide bonds. The third-order valence-electron chi connectivity index (χ3n) is 5.47. The number of hydrogen-bond donors (Lipinski definition) is 3. The van der Waals surface area contributed by atoms with E-state index in [1.165, 1.54) is 0 Å². The Kier molecular flexibility index (Phi) is 7.39. The predicted octanol–water partition coefficient (Wildman–Crippen LogP) is 4.04. The van der Waals surface area contributed by atoms with Crippen LogP contribution in [0.15, 0.2) is 71.1 Å². The Labute approximate surface area is 192 Å². The maximum absolute atomic E-state index is 12.8. The monoisotopic (exact) mass is 448 g/mol. The Morgan fingerprint density at radius 3 is 2.21 bits per heavy atom. The van der Waals surface area contributed by atoms with E-state index in [1.807, 2.05) is 37.3 Å². The lowest BCUT2D eigenvalue weighted by atomic mass is 10.1. The SMILES string of the molecule is Cc1ccc(C(CNC(=O)c2ccc(NC(=O)Nc3ccccc3)cc2)N2CCOCC2)o1. The number of furan rings is 1. The van der Waals surface area contributed by atoms with Gasteiger partial charge in [0.1, 0.15) is 11.5 Å². The van der Waals surface area contributed by atoms with Crippen molar-refractivity contribution in [1.29, 1.82) is 0 Å². The Morgan fingerprint density at radius 2 is 1.58 bits per heavy atom. The zero-order valence-corrected chi connectivity index (χ0v) is 18.5. The van der Waals surface area contributed by atoms with Crippen LogP contribution in [-0.2, 0) is 4.74 Å². The van der Waals surface area contributed by atoms with E-state index in [2.05, 4.69) is 20.9 Å². The van der Waals surface area contributed by atoms with Crippen molar-refractivity contribution < 1.29 is 18.7 Å². The summed E-state index contributed by atoms with van der Waals surface area (Å²) in [5.41, 5.74) is 1.81. The van der Waals surface area contributed by atoms with Gasteiger partial charge in [0.05, 0.1) is 19.3 Å². The number of nitrogens with one attached hydrogen (secondary N) is 3. The van der Waals surface area contributed by atoms with Crippen LogP contribution in [0.5, 0.6) is 0 Å². The van der Waals surface area contributed by atoms with Gasteiger partial charge in [0.2, 0.25) is 0 Å². The highest BCUT2D eigenvalue weighted by molar-refractivity contribution is 6.00. The van der Waals surface area contributed by atoms with E-state index in [0.29, 0.717) is 36.7 Å². The molecule has 0 spiro atoms. The highest BCUT2D eigenvalue weighted by atomic mass is 16.5. The van der Waals surface area contributed by atoms with Crippen LogP contribution in [0.4, 0.5) is 16.2 Å². The van der Waals surface area contributed by atoms with Crippen molar-refractivity contribution in [1.82, 2.24) is 10.2 Å². The molecule has 0 saturated carbocycles. The average molecular weight is 449 g/mol. The van der Waals surface area contributed by atoms with Crippen molar-refractivity contribution >= 4 is 23.3 Å². The van der Waals surface area contributed by atoms with E-state index >= 15 is 0 Å². The van der Waals surface area contributed by atoms with Crippen molar-refractivity contribution in [3.05, 3.63) is 83.8 Å². The van der Waals surface area contributed by atoms with Gasteiger partial charge in [-0.05, 0) is 55.5 Å². The lowest BCUT2D eigenvalue weighted by Crippen LogP contribution is -2.43. The molecular weight excluding hydrogens is 420 g/mol. The Morgan fingerprint density at radius 1 is 0.909 bits per heavy atom. The number of urea groups is 1. The van der Waals surface area contributed by atoms with E-state index in [0.717, 1.165) is 24.6 Å². The number of amides is 3. The molecule has 8 heteroatoms. The molecule has 0 bridgehead atoms. The summed E-state index contributed by atoms with van der Waals surface area (Å²) in [4.78, 5) is 27.2. The molecule has 1 aliphatic rings. The van der Waals surface area contributed by atoms with Crippen LogP contribution in [0.2, 0.25) is 0 Å². The molecule has 1 saturated heterocycles. The lowest BCUT2D eigenvalue weighted by Gasteiger charge is -2.33. The molecule has 1 aliphatic heterocycles. The Bertz CT molecular complexity index is 1060. The summed E-state index contributed by atoms with van der Waals surface area (Å²) in [6.45, 7) is 5.23. The smallest absolute Gasteiger partial charge is 0.323 e. The van der Waals surface area contributed by atoms with Gasteiger partial charge in [-0.1, -0.05) is 18.2 Å². The molecule has 8 nitrogen and oxygen atoms in total. The summed E-state index contributed by atoms with van der Waals surface area (Å²) in [6.07, 6.45) is 0. The van der Waals surface area contributed by atoms with Crippen LogP contribution < -0.4 is 16.0 Å². The van der Waals surface area contributed by atoms with Crippen molar-refractivity contribution in [3.8, 4) is 0 Å². The average Bonchev–Trinajstić information content (AvgIpc) is 3.26. The van der Waals surface area contributed by atoms with Crippen LogP contribution in [-0.4, -0.2) is 49.7 Å². The molecule has 0 aliphatic carbocycles. The number of carbonyl (C=O) groups is 2. The molecule has 172 valence electrons. The number of rotatable bonds is 7. The second-order valence-electron chi connectivity index (χ2n) is 7.85. The Hall–Kier alpha value is -3.62. The second-order valence-corrected chi connectivity index (χ2v) is 7.85. The summed E-state index contributed by atoms with van der Waals surface area (Å²) in [7, 11) is 0. The molecule has 1 unspecified atom stereocenters. The fourth-order valence-corrected chi connectivity index (χ4v) is 3.74. The lowest BCUT2D eigenvalue weighted by molar-refractivity contribution is 0.0117. The van der Waals surface area contributed by atoms with Crippen molar-refractivity contribution in [2.75, 3.05) is 43.5 Å². The van der Waals surface area contributed by atoms with E-state index in [9.17, 15) is 9.59 Å². The highest BCUT2D eigenvalue weighted by Gasteiger charge is 2.25. The molecule has 0 radical (unpaired) electrons. The van der Waals surface area contributed by atoms with Crippen molar-refractivity contribution in [2.24, 2.45) is 0 Å². The van der Waals surface area contributed by atoms with Crippen molar-refractivity contribution in [2.45, 2.75) is 13.0 Å². The van der Waals surface area contributed by atoms with Gasteiger partial charge in [-0.2, -0.15) is 0 Å². The first-order valence-corrected chi connectivity index (χ1v) is 11.0. The van der Waals surface area contributed by atoms with E-state index < -0.39 is 0 Å². The van der Waals surface area contributed by atoms with E-state index in [4.69, 9.17) is 9.15 Å². The number of para-hydroxylation sites is 1. The number of carbonyl (C=O) groups excluding carboxylic acids is 2.